The molecule has 0 spiro atoms. The van der Waals surface area contributed by atoms with E-state index in [1.807, 2.05) is 13.0 Å². The summed E-state index contributed by atoms with van der Waals surface area (Å²) >= 11 is 0. The Morgan fingerprint density at radius 1 is 1.29 bits per heavy atom. The largest absolute Gasteiger partial charge is 0.477 e. The molecule has 0 aliphatic carbocycles. The van der Waals surface area contributed by atoms with E-state index in [4.69, 9.17) is 5.11 Å². The molecule has 86 valence electrons. The van der Waals surface area contributed by atoms with Gasteiger partial charge < -0.3 is 10.4 Å². The second-order valence-electron chi connectivity index (χ2n) is 3.55. The fourth-order valence-electron chi connectivity index (χ4n) is 1.34. The predicted molar refractivity (Wildman–Crippen MR) is 63.5 cm³/mol. The Kier molecular flexibility index (Phi) is 3.00. The first kappa shape index (κ1) is 11.1. The number of hydrogen-bond donors (Lipinski definition) is 2. The molecule has 0 saturated carbocycles. The van der Waals surface area contributed by atoms with E-state index in [0.29, 0.717) is 0 Å². The molecule has 0 bridgehead atoms. The van der Waals surface area contributed by atoms with E-state index in [-0.39, 0.29) is 5.69 Å². The molecular weight excluding hydrogens is 218 g/mol. The van der Waals surface area contributed by atoms with Crippen molar-refractivity contribution in [1.29, 1.82) is 0 Å². The molecule has 0 unspecified atom stereocenters. The SMILES string of the molecule is Cc1ccncc1Nc1ccc(C(=O)O)nc1. The summed E-state index contributed by atoms with van der Waals surface area (Å²) in [4.78, 5) is 18.5. The van der Waals surface area contributed by atoms with Gasteiger partial charge in [-0.1, -0.05) is 0 Å². The van der Waals surface area contributed by atoms with E-state index in [1.165, 1.54) is 12.3 Å². The lowest BCUT2D eigenvalue weighted by molar-refractivity contribution is 0.0690. The highest BCUT2D eigenvalue weighted by Crippen LogP contribution is 2.18. The van der Waals surface area contributed by atoms with Crippen LogP contribution in [-0.4, -0.2) is 21.0 Å². The summed E-state index contributed by atoms with van der Waals surface area (Å²) in [6.45, 7) is 1.96. The highest BCUT2D eigenvalue weighted by molar-refractivity contribution is 5.85. The molecule has 2 rings (SSSR count). The lowest BCUT2D eigenvalue weighted by atomic mass is 10.2. The van der Waals surface area contributed by atoms with Gasteiger partial charge in [-0.05, 0) is 30.7 Å². The van der Waals surface area contributed by atoms with Crippen molar-refractivity contribution in [1.82, 2.24) is 9.97 Å². The average Bonchev–Trinajstić information content (AvgIpc) is 2.33. The predicted octanol–water partition coefficient (Wildman–Crippen LogP) is 2.23. The van der Waals surface area contributed by atoms with Crippen molar-refractivity contribution >= 4 is 17.3 Å². The molecule has 5 nitrogen and oxygen atoms in total. The number of aromatic carboxylic acids is 1. The van der Waals surface area contributed by atoms with Gasteiger partial charge in [0.05, 0.1) is 23.8 Å². The zero-order chi connectivity index (χ0) is 12.3. The smallest absolute Gasteiger partial charge is 0.354 e. The van der Waals surface area contributed by atoms with Gasteiger partial charge >= 0.3 is 5.97 Å². The van der Waals surface area contributed by atoms with Crippen LogP contribution in [0.25, 0.3) is 0 Å². The molecule has 2 aromatic heterocycles. The van der Waals surface area contributed by atoms with Crippen LogP contribution >= 0.6 is 0 Å². The lowest BCUT2D eigenvalue weighted by Crippen LogP contribution is -2.01. The Labute approximate surface area is 98.2 Å². The quantitative estimate of drug-likeness (QED) is 0.844. The summed E-state index contributed by atoms with van der Waals surface area (Å²) in [5.41, 5.74) is 2.68. The van der Waals surface area contributed by atoms with Crippen molar-refractivity contribution in [3.63, 3.8) is 0 Å². The maximum Gasteiger partial charge on any atom is 0.354 e. The first-order chi connectivity index (χ1) is 8.16. The second-order valence-corrected chi connectivity index (χ2v) is 3.55. The summed E-state index contributed by atoms with van der Waals surface area (Å²) in [5.74, 6) is -1.03. The van der Waals surface area contributed by atoms with Crippen molar-refractivity contribution in [2.75, 3.05) is 5.32 Å². The first-order valence-corrected chi connectivity index (χ1v) is 5.04. The molecule has 2 aromatic rings. The molecule has 0 radical (unpaired) electrons. The molecule has 5 heteroatoms. The number of nitrogens with zero attached hydrogens (tertiary/aromatic N) is 2. The first-order valence-electron chi connectivity index (χ1n) is 5.04. The number of hydrogen-bond acceptors (Lipinski definition) is 4. The van der Waals surface area contributed by atoms with Crippen molar-refractivity contribution in [2.45, 2.75) is 6.92 Å². The standard InChI is InChI=1S/C12H11N3O2/c1-8-4-5-13-7-11(8)15-9-2-3-10(12(16)17)14-6-9/h2-7,15H,1H3,(H,16,17). The maximum absolute atomic E-state index is 10.6. The van der Waals surface area contributed by atoms with Crippen LogP contribution < -0.4 is 5.32 Å². The van der Waals surface area contributed by atoms with Crippen LogP contribution in [-0.2, 0) is 0 Å². The Balaban J connectivity index is 2.20. The van der Waals surface area contributed by atoms with Crippen LogP contribution in [0.1, 0.15) is 16.1 Å². The Bertz CT molecular complexity index is 538. The van der Waals surface area contributed by atoms with Gasteiger partial charge in [-0.15, -0.1) is 0 Å². The maximum atomic E-state index is 10.6. The Hall–Kier alpha value is -2.43. The summed E-state index contributed by atoms with van der Waals surface area (Å²) in [5, 5.41) is 11.8. The zero-order valence-corrected chi connectivity index (χ0v) is 9.21. The van der Waals surface area contributed by atoms with Crippen molar-refractivity contribution in [3.05, 3.63) is 48.0 Å². The fourth-order valence-corrected chi connectivity index (χ4v) is 1.34. The van der Waals surface area contributed by atoms with Gasteiger partial charge in [-0.2, -0.15) is 0 Å². The van der Waals surface area contributed by atoms with Crippen LogP contribution in [0.4, 0.5) is 11.4 Å². The number of carboxylic acid groups (broad SMARTS) is 1. The minimum absolute atomic E-state index is 0.0264. The van der Waals surface area contributed by atoms with E-state index in [2.05, 4.69) is 15.3 Å². The highest BCUT2D eigenvalue weighted by Gasteiger charge is 2.04. The lowest BCUT2D eigenvalue weighted by Gasteiger charge is -2.08. The van der Waals surface area contributed by atoms with E-state index in [9.17, 15) is 4.79 Å². The average molecular weight is 229 g/mol. The van der Waals surface area contributed by atoms with Gasteiger partial charge in [0.25, 0.3) is 0 Å². The van der Waals surface area contributed by atoms with Gasteiger partial charge in [-0.3, -0.25) is 4.98 Å². The molecule has 17 heavy (non-hydrogen) atoms. The molecule has 0 atom stereocenters. The fraction of sp³-hybridized carbons (Fsp3) is 0.0833. The third kappa shape index (κ3) is 2.57. The number of aromatic nitrogens is 2. The Morgan fingerprint density at radius 3 is 2.71 bits per heavy atom. The van der Waals surface area contributed by atoms with E-state index >= 15 is 0 Å². The van der Waals surface area contributed by atoms with Crippen LogP contribution in [0.5, 0.6) is 0 Å². The minimum atomic E-state index is -1.03. The van der Waals surface area contributed by atoms with Gasteiger partial charge in [0, 0.05) is 6.20 Å². The molecule has 2 heterocycles. The summed E-state index contributed by atoms with van der Waals surface area (Å²) in [6.07, 6.45) is 4.91. The Morgan fingerprint density at radius 2 is 2.12 bits per heavy atom. The second kappa shape index (κ2) is 4.61. The number of carbonyl (C=O) groups is 1. The van der Waals surface area contributed by atoms with Crippen molar-refractivity contribution < 1.29 is 9.90 Å². The monoisotopic (exact) mass is 229 g/mol. The molecule has 0 saturated heterocycles. The van der Waals surface area contributed by atoms with Gasteiger partial charge in [0.2, 0.25) is 0 Å². The van der Waals surface area contributed by atoms with Crippen LogP contribution in [0.15, 0.2) is 36.8 Å². The van der Waals surface area contributed by atoms with Gasteiger partial charge in [-0.25, -0.2) is 9.78 Å². The normalized spacial score (nSPS) is 9.94. The molecule has 2 N–H and O–H groups in total. The molecule has 0 aromatic carbocycles. The topological polar surface area (TPSA) is 75.1 Å². The number of nitrogens with one attached hydrogen (secondary N) is 1. The minimum Gasteiger partial charge on any atom is -0.477 e. The summed E-state index contributed by atoms with van der Waals surface area (Å²) < 4.78 is 0. The molecule has 0 amide bonds. The van der Waals surface area contributed by atoms with Crippen LogP contribution in [0, 0.1) is 6.92 Å². The molecule has 0 aliphatic heterocycles. The van der Waals surface area contributed by atoms with E-state index in [0.717, 1.165) is 16.9 Å². The molecule has 0 fully saturated rings. The number of anilines is 2. The molecular formula is C12H11N3O2. The van der Waals surface area contributed by atoms with Gasteiger partial charge in [0.15, 0.2) is 0 Å². The zero-order valence-electron chi connectivity index (χ0n) is 9.21. The summed E-state index contributed by atoms with van der Waals surface area (Å²) in [7, 11) is 0. The third-order valence-corrected chi connectivity index (χ3v) is 2.30. The number of rotatable bonds is 3. The van der Waals surface area contributed by atoms with Gasteiger partial charge in [0.1, 0.15) is 5.69 Å². The van der Waals surface area contributed by atoms with Crippen molar-refractivity contribution in [3.8, 4) is 0 Å². The van der Waals surface area contributed by atoms with Crippen LogP contribution in [0.2, 0.25) is 0 Å². The number of pyridine rings is 2. The van der Waals surface area contributed by atoms with Crippen molar-refractivity contribution in [2.24, 2.45) is 0 Å². The third-order valence-electron chi connectivity index (χ3n) is 2.30. The molecule has 0 aliphatic rings. The summed E-state index contributed by atoms with van der Waals surface area (Å²) in [6, 6.07) is 5.01. The number of carboxylic acids is 1. The highest BCUT2D eigenvalue weighted by atomic mass is 16.4. The van der Waals surface area contributed by atoms with Crippen LogP contribution in [0.3, 0.4) is 0 Å². The van der Waals surface area contributed by atoms with E-state index in [1.54, 1.807) is 18.5 Å². The van der Waals surface area contributed by atoms with E-state index < -0.39 is 5.97 Å². The number of aryl methyl sites for hydroxylation is 1.